The Bertz CT molecular complexity index is 643. The van der Waals surface area contributed by atoms with E-state index in [1.165, 1.54) is 5.56 Å². The van der Waals surface area contributed by atoms with Crippen molar-refractivity contribution in [2.24, 2.45) is 0 Å². The van der Waals surface area contributed by atoms with E-state index in [9.17, 15) is 4.79 Å². The molecule has 0 aliphatic rings. The zero-order valence-electron chi connectivity index (χ0n) is 15.2. The van der Waals surface area contributed by atoms with Gasteiger partial charge in [0.15, 0.2) is 0 Å². The number of aryl methyl sites for hydroxylation is 1. The van der Waals surface area contributed by atoms with E-state index in [-0.39, 0.29) is 5.91 Å². The minimum Gasteiger partial charge on any atom is -0.494 e. The van der Waals surface area contributed by atoms with Gasteiger partial charge in [0.25, 0.3) is 0 Å². The van der Waals surface area contributed by atoms with Crippen molar-refractivity contribution in [2.45, 2.75) is 26.2 Å². The number of nitrogens with one attached hydrogen (secondary N) is 1. The van der Waals surface area contributed by atoms with E-state index in [1.807, 2.05) is 56.4 Å². The molecule has 0 aromatic heterocycles. The highest BCUT2D eigenvalue weighted by atomic mass is 16.5. The first-order valence-electron chi connectivity index (χ1n) is 8.87. The van der Waals surface area contributed by atoms with Crippen LogP contribution in [0.2, 0.25) is 0 Å². The lowest BCUT2D eigenvalue weighted by molar-refractivity contribution is -0.121. The number of nitrogens with zero attached hydrogens (tertiary/aromatic N) is 1. The molecule has 1 amide bonds. The maximum absolute atomic E-state index is 11.9. The monoisotopic (exact) mass is 340 g/mol. The molecule has 2 aromatic carbocycles. The quantitative estimate of drug-likeness (QED) is 0.669. The van der Waals surface area contributed by atoms with Crippen LogP contribution in [0, 0.1) is 6.92 Å². The van der Waals surface area contributed by atoms with Crippen molar-refractivity contribution in [1.29, 1.82) is 0 Å². The minimum atomic E-state index is 0.108. The fourth-order valence-electron chi connectivity index (χ4n) is 2.55. The van der Waals surface area contributed by atoms with E-state index in [0.29, 0.717) is 19.6 Å². The number of anilines is 1. The first-order valence-corrected chi connectivity index (χ1v) is 8.87. The van der Waals surface area contributed by atoms with Gasteiger partial charge < -0.3 is 15.0 Å². The molecule has 1 N–H and O–H groups in total. The van der Waals surface area contributed by atoms with Gasteiger partial charge in [0.2, 0.25) is 5.91 Å². The maximum Gasteiger partial charge on any atom is 0.220 e. The summed E-state index contributed by atoms with van der Waals surface area (Å²) in [6, 6.07) is 18.2. The maximum atomic E-state index is 11.9. The molecule has 0 aliphatic heterocycles. The lowest BCUT2D eigenvalue weighted by Gasteiger charge is -2.19. The molecule has 0 saturated carbocycles. The van der Waals surface area contributed by atoms with Crippen molar-refractivity contribution in [3.05, 3.63) is 60.2 Å². The van der Waals surface area contributed by atoms with Crippen molar-refractivity contribution in [2.75, 3.05) is 31.6 Å². The topological polar surface area (TPSA) is 41.6 Å². The zero-order chi connectivity index (χ0) is 17.9. The number of hydrogen-bond donors (Lipinski definition) is 1. The molecular formula is C21H28N2O2. The molecule has 4 nitrogen and oxygen atoms in total. The number of likely N-dealkylation sites (N-methyl/N-ethyl adjacent to an activating group) is 1. The first kappa shape index (κ1) is 18.8. The van der Waals surface area contributed by atoms with Gasteiger partial charge in [0.1, 0.15) is 5.75 Å². The Morgan fingerprint density at radius 3 is 2.64 bits per heavy atom. The van der Waals surface area contributed by atoms with Crippen molar-refractivity contribution in [1.82, 2.24) is 5.32 Å². The summed E-state index contributed by atoms with van der Waals surface area (Å²) in [5, 5.41) is 2.98. The fraction of sp³-hybridized carbons (Fsp3) is 0.381. The molecule has 2 aromatic rings. The molecule has 2 rings (SSSR count). The van der Waals surface area contributed by atoms with Gasteiger partial charge in [0, 0.05) is 32.2 Å². The lowest BCUT2D eigenvalue weighted by atomic mass is 10.2. The minimum absolute atomic E-state index is 0.108. The molecule has 0 fully saturated rings. The molecule has 0 heterocycles. The van der Waals surface area contributed by atoms with Crippen LogP contribution < -0.4 is 15.0 Å². The highest BCUT2D eigenvalue weighted by Gasteiger charge is 2.03. The zero-order valence-corrected chi connectivity index (χ0v) is 15.2. The standard InChI is InChI=1S/C21H28N2O2/c1-18-9-8-12-20(17-18)25-16-7-6-13-21(24)22-14-15-23(2)19-10-4-3-5-11-19/h3-5,8-12,17H,6-7,13-16H2,1-2H3,(H,22,24). The van der Waals surface area contributed by atoms with Crippen LogP contribution in [-0.2, 0) is 4.79 Å². The van der Waals surface area contributed by atoms with Crippen LogP contribution in [0.25, 0.3) is 0 Å². The number of para-hydroxylation sites is 1. The normalized spacial score (nSPS) is 10.3. The molecule has 134 valence electrons. The summed E-state index contributed by atoms with van der Waals surface area (Å²) in [7, 11) is 2.03. The van der Waals surface area contributed by atoms with Gasteiger partial charge in [-0.2, -0.15) is 0 Å². The Balaban J connectivity index is 1.52. The van der Waals surface area contributed by atoms with E-state index in [1.54, 1.807) is 0 Å². The summed E-state index contributed by atoms with van der Waals surface area (Å²) in [4.78, 5) is 14.0. The number of rotatable bonds is 10. The third-order valence-corrected chi connectivity index (χ3v) is 4.02. The Hall–Kier alpha value is -2.49. The SMILES string of the molecule is Cc1cccc(OCCCCC(=O)NCCN(C)c2ccccc2)c1. The summed E-state index contributed by atoms with van der Waals surface area (Å²) in [6.45, 7) is 4.15. The Morgan fingerprint density at radius 1 is 1.08 bits per heavy atom. The van der Waals surface area contributed by atoms with Crippen LogP contribution in [0.1, 0.15) is 24.8 Å². The predicted molar refractivity (Wildman–Crippen MR) is 103 cm³/mol. The van der Waals surface area contributed by atoms with E-state index in [2.05, 4.69) is 22.3 Å². The van der Waals surface area contributed by atoms with E-state index in [4.69, 9.17) is 4.74 Å². The molecule has 0 bridgehead atoms. The molecule has 0 radical (unpaired) electrons. The van der Waals surface area contributed by atoms with Gasteiger partial charge in [-0.1, -0.05) is 30.3 Å². The fourth-order valence-corrected chi connectivity index (χ4v) is 2.55. The van der Waals surface area contributed by atoms with Crippen molar-refractivity contribution in [3.8, 4) is 5.75 Å². The number of benzene rings is 2. The predicted octanol–water partition coefficient (Wildman–Crippen LogP) is 3.80. The van der Waals surface area contributed by atoms with Gasteiger partial charge in [-0.3, -0.25) is 4.79 Å². The average Bonchev–Trinajstić information content (AvgIpc) is 2.62. The number of amides is 1. The van der Waals surface area contributed by atoms with Crippen LogP contribution in [0.5, 0.6) is 5.75 Å². The third kappa shape index (κ3) is 7.29. The van der Waals surface area contributed by atoms with Crippen molar-refractivity contribution in [3.63, 3.8) is 0 Å². The van der Waals surface area contributed by atoms with Crippen molar-refractivity contribution >= 4 is 11.6 Å². The number of carbonyl (C=O) groups excluding carboxylic acids is 1. The summed E-state index contributed by atoms with van der Waals surface area (Å²) >= 11 is 0. The van der Waals surface area contributed by atoms with Gasteiger partial charge in [0.05, 0.1) is 6.61 Å². The second kappa shape index (κ2) is 10.4. The van der Waals surface area contributed by atoms with E-state index < -0.39 is 0 Å². The van der Waals surface area contributed by atoms with E-state index >= 15 is 0 Å². The highest BCUT2D eigenvalue weighted by molar-refractivity contribution is 5.75. The highest BCUT2D eigenvalue weighted by Crippen LogP contribution is 2.13. The Kier molecular flexibility index (Phi) is 7.83. The van der Waals surface area contributed by atoms with Crippen LogP contribution in [0.3, 0.4) is 0 Å². The van der Waals surface area contributed by atoms with Gasteiger partial charge in [-0.05, 0) is 49.6 Å². The van der Waals surface area contributed by atoms with Gasteiger partial charge in [-0.15, -0.1) is 0 Å². The lowest BCUT2D eigenvalue weighted by Crippen LogP contribution is -2.32. The molecule has 0 unspecified atom stereocenters. The van der Waals surface area contributed by atoms with Crippen LogP contribution in [0.4, 0.5) is 5.69 Å². The number of carbonyl (C=O) groups is 1. The first-order chi connectivity index (χ1) is 12.1. The smallest absolute Gasteiger partial charge is 0.220 e. The molecular weight excluding hydrogens is 312 g/mol. The van der Waals surface area contributed by atoms with Crippen LogP contribution in [0.15, 0.2) is 54.6 Å². The molecule has 0 spiro atoms. The van der Waals surface area contributed by atoms with E-state index in [0.717, 1.165) is 30.8 Å². The number of unbranched alkanes of at least 4 members (excludes halogenated alkanes) is 1. The summed E-state index contributed by atoms with van der Waals surface area (Å²) < 4.78 is 5.69. The van der Waals surface area contributed by atoms with Crippen LogP contribution in [-0.4, -0.2) is 32.7 Å². The Morgan fingerprint density at radius 2 is 1.88 bits per heavy atom. The third-order valence-electron chi connectivity index (χ3n) is 4.02. The second-order valence-electron chi connectivity index (χ2n) is 6.23. The van der Waals surface area contributed by atoms with Gasteiger partial charge >= 0.3 is 0 Å². The van der Waals surface area contributed by atoms with Crippen molar-refractivity contribution < 1.29 is 9.53 Å². The summed E-state index contributed by atoms with van der Waals surface area (Å²) in [5.41, 5.74) is 2.35. The molecule has 0 atom stereocenters. The largest absolute Gasteiger partial charge is 0.494 e. The molecule has 25 heavy (non-hydrogen) atoms. The van der Waals surface area contributed by atoms with Crippen LogP contribution >= 0.6 is 0 Å². The Labute approximate surface area is 150 Å². The van der Waals surface area contributed by atoms with Gasteiger partial charge in [-0.25, -0.2) is 0 Å². The summed E-state index contributed by atoms with van der Waals surface area (Å²) in [6.07, 6.45) is 2.27. The molecule has 0 aliphatic carbocycles. The number of hydrogen-bond acceptors (Lipinski definition) is 3. The summed E-state index contributed by atoms with van der Waals surface area (Å²) in [5.74, 6) is 1.01. The molecule has 0 saturated heterocycles. The molecule has 4 heteroatoms. The number of ether oxygens (including phenoxy) is 1. The second-order valence-corrected chi connectivity index (χ2v) is 6.23. The average molecular weight is 340 g/mol.